The summed E-state index contributed by atoms with van der Waals surface area (Å²) in [6, 6.07) is -0.228. The number of carbonyl (C=O) groups is 3. The third-order valence-electron chi connectivity index (χ3n) is 2.68. The number of nitrogens with one attached hydrogen (secondary N) is 1. The van der Waals surface area contributed by atoms with Gasteiger partial charge in [-0.1, -0.05) is 0 Å². The lowest BCUT2D eigenvalue weighted by Gasteiger charge is -2.32. The number of carboxylic acids is 1. The van der Waals surface area contributed by atoms with Crippen LogP contribution in [0.1, 0.15) is 10.4 Å². The normalized spacial score (nSPS) is 18.9. The molecule has 8 heteroatoms. The van der Waals surface area contributed by atoms with E-state index in [1.807, 2.05) is 0 Å². The zero-order valence-corrected chi connectivity index (χ0v) is 9.67. The first-order valence-corrected chi connectivity index (χ1v) is 5.40. The summed E-state index contributed by atoms with van der Waals surface area (Å²) in [4.78, 5) is 38.8. The second kappa shape index (κ2) is 5.01. The van der Waals surface area contributed by atoms with Gasteiger partial charge in [-0.3, -0.25) is 14.6 Å². The number of aliphatic carboxylic acids is 1. The van der Waals surface area contributed by atoms with Gasteiger partial charge in [-0.15, -0.1) is 0 Å². The molecule has 2 heterocycles. The van der Waals surface area contributed by atoms with Crippen LogP contribution in [-0.4, -0.2) is 51.9 Å². The smallest absolute Gasteiger partial charge is 0.328 e. The van der Waals surface area contributed by atoms with Gasteiger partial charge >= 0.3 is 5.97 Å². The summed E-state index contributed by atoms with van der Waals surface area (Å²) in [5, 5.41) is 11.4. The molecule has 1 aromatic heterocycles. The monoisotopic (exact) mass is 267 g/mol. The van der Waals surface area contributed by atoms with Crippen LogP contribution in [0, 0.1) is 5.82 Å². The van der Waals surface area contributed by atoms with Crippen molar-refractivity contribution >= 4 is 17.8 Å². The quantitative estimate of drug-likeness (QED) is 0.734. The minimum Gasteiger partial charge on any atom is -0.480 e. The third-order valence-corrected chi connectivity index (χ3v) is 2.68. The molecule has 0 bridgehead atoms. The molecule has 100 valence electrons. The Labute approximate surface area is 107 Å². The fraction of sp³-hybridized carbons (Fsp3) is 0.273. The molecule has 1 aliphatic rings. The van der Waals surface area contributed by atoms with Crippen LogP contribution in [0.5, 0.6) is 0 Å². The maximum Gasteiger partial charge on any atom is 0.328 e. The van der Waals surface area contributed by atoms with E-state index < -0.39 is 29.6 Å². The van der Waals surface area contributed by atoms with E-state index in [0.29, 0.717) is 0 Å². The number of rotatable bonds is 2. The Morgan fingerprint density at radius 2 is 2.21 bits per heavy atom. The van der Waals surface area contributed by atoms with Gasteiger partial charge in [-0.2, -0.15) is 0 Å². The zero-order valence-electron chi connectivity index (χ0n) is 9.67. The molecule has 0 aromatic carbocycles. The summed E-state index contributed by atoms with van der Waals surface area (Å²) < 4.78 is 13.0. The van der Waals surface area contributed by atoms with Crippen molar-refractivity contribution in [1.82, 2.24) is 15.2 Å². The highest BCUT2D eigenvalue weighted by molar-refractivity contribution is 5.99. The molecule has 1 fully saturated rings. The van der Waals surface area contributed by atoms with Gasteiger partial charge in [0.1, 0.15) is 18.4 Å². The Kier molecular flexibility index (Phi) is 3.41. The summed E-state index contributed by atoms with van der Waals surface area (Å²) >= 11 is 0. The molecule has 1 atom stereocenters. The molecular weight excluding hydrogens is 257 g/mol. The number of carbonyl (C=O) groups excluding carboxylic acids is 2. The maximum atomic E-state index is 13.0. The van der Waals surface area contributed by atoms with Gasteiger partial charge in [0.25, 0.3) is 5.91 Å². The van der Waals surface area contributed by atoms with Gasteiger partial charge < -0.3 is 15.3 Å². The van der Waals surface area contributed by atoms with Crippen LogP contribution in [0.2, 0.25) is 0 Å². The summed E-state index contributed by atoms with van der Waals surface area (Å²) in [5.74, 6) is -3.15. The average molecular weight is 267 g/mol. The number of pyridine rings is 1. The van der Waals surface area contributed by atoms with Gasteiger partial charge in [0.15, 0.2) is 0 Å². The van der Waals surface area contributed by atoms with Crippen molar-refractivity contribution in [3.8, 4) is 0 Å². The molecule has 0 saturated carbocycles. The van der Waals surface area contributed by atoms with Crippen molar-refractivity contribution in [1.29, 1.82) is 0 Å². The van der Waals surface area contributed by atoms with Crippen LogP contribution >= 0.6 is 0 Å². The lowest BCUT2D eigenvalue weighted by Crippen LogP contribution is -2.59. The predicted molar refractivity (Wildman–Crippen MR) is 59.7 cm³/mol. The highest BCUT2D eigenvalue weighted by atomic mass is 19.1. The number of hydrogen-bond acceptors (Lipinski definition) is 4. The Bertz CT molecular complexity index is 548. The van der Waals surface area contributed by atoms with Crippen molar-refractivity contribution in [3.05, 3.63) is 29.8 Å². The van der Waals surface area contributed by atoms with Crippen molar-refractivity contribution in [2.45, 2.75) is 6.04 Å². The predicted octanol–water partition coefficient (Wildman–Crippen LogP) is -0.754. The maximum absolute atomic E-state index is 13.0. The van der Waals surface area contributed by atoms with E-state index in [-0.39, 0.29) is 18.7 Å². The number of hydrogen-bond donors (Lipinski definition) is 2. The fourth-order valence-corrected chi connectivity index (χ4v) is 1.77. The number of carboxylic acid groups (broad SMARTS) is 1. The number of halogens is 1. The number of amides is 2. The van der Waals surface area contributed by atoms with Gasteiger partial charge in [0, 0.05) is 12.7 Å². The minimum absolute atomic E-state index is 0.0963. The van der Waals surface area contributed by atoms with Crippen LogP contribution in [0.15, 0.2) is 18.5 Å². The lowest BCUT2D eigenvalue weighted by atomic mass is 10.1. The zero-order chi connectivity index (χ0) is 14.0. The van der Waals surface area contributed by atoms with E-state index in [4.69, 9.17) is 5.11 Å². The van der Waals surface area contributed by atoms with Crippen molar-refractivity contribution in [2.75, 3.05) is 13.1 Å². The minimum atomic E-state index is -1.24. The number of aromatic nitrogens is 1. The molecule has 1 unspecified atom stereocenters. The van der Waals surface area contributed by atoms with Crippen LogP contribution < -0.4 is 5.32 Å². The highest BCUT2D eigenvalue weighted by Gasteiger charge is 2.35. The second-order valence-electron chi connectivity index (χ2n) is 3.98. The van der Waals surface area contributed by atoms with E-state index in [1.165, 1.54) is 0 Å². The van der Waals surface area contributed by atoms with Gasteiger partial charge in [0.2, 0.25) is 5.91 Å². The summed E-state index contributed by atoms with van der Waals surface area (Å²) in [6.07, 6.45) is 2.05. The summed E-state index contributed by atoms with van der Waals surface area (Å²) in [6.45, 7) is -0.561. The van der Waals surface area contributed by atoms with E-state index >= 15 is 0 Å². The molecular formula is C11H10FN3O4. The largest absolute Gasteiger partial charge is 0.480 e. The van der Waals surface area contributed by atoms with E-state index in [2.05, 4.69) is 10.3 Å². The van der Waals surface area contributed by atoms with Crippen LogP contribution in [-0.2, 0) is 9.59 Å². The van der Waals surface area contributed by atoms with Gasteiger partial charge in [-0.25, -0.2) is 9.18 Å². The van der Waals surface area contributed by atoms with Crippen LogP contribution in [0.4, 0.5) is 4.39 Å². The van der Waals surface area contributed by atoms with Gasteiger partial charge in [-0.05, 0) is 6.07 Å². The fourth-order valence-electron chi connectivity index (χ4n) is 1.77. The summed E-state index contributed by atoms with van der Waals surface area (Å²) in [7, 11) is 0. The first kappa shape index (κ1) is 12.9. The second-order valence-corrected chi connectivity index (χ2v) is 3.98. The Balaban J connectivity index is 2.28. The van der Waals surface area contributed by atoms with Crippen LogP contribution in [0.25, 0.3) is 0 Å². The molecule has 1 aromatic rings. The van der Waals surface area contributed by atoms with E-state index in [0.717, 1.165) is 23.4 Å². The standard InChI is InChI=1S/C11H10FN3O4/c12-7-1-6(2-13-3-7)10(17)15-5-9(16)14-4-8(15)11(18)19/h1-3,8H,4-5H2,(H,14,16)(H,18,19). The van der Waals surface area contributed by atoms with Crippen molar-refractivity contribution < 1.29 is 23.9 Å². The number of nitrogens with zero attached hydrogens (tertiary/aromatic N) is 2. The molecule has 19 heavy (non-hydrogen) atoms. The van der Waals surface area contributed by atoms with Crippen LogP contribution in [0.3, 0.4) is 0 Å². The average Bonchev–Trinajstić information content (AvgIpc) is 2.37. The first-order chi connectivity index (χ1) is 8.99. The topological polar surface area (TPSA) is 99.6 Å². The molecule has 1 aliphatic heterocycles. The first-order valence-electron chi connectivity index (χ1n) is 5.40. The highest BCUT2D eigenvalue weighted by Crippen LogP contribution is 2.11. The number of piperazine rings is 1. The molecule has 0 spiro atoms. The molecule has 2 rings (SSSR count). The Morgan fingerprint density at radius 1 is 1.47 bits per heavy atom. The van der Waals surface area contributed by atoms with E-state index in [1.54, 1.807) is 0 Å². The third kappa shape index (κ3) is 2.67. The van der Waals surface area contributed by atoms with Gasteiger partial charge in [0.05, 0.1) is 11.8 Å². The lowest BCUT2D eigenvalue weighted by molar-refractivity contribution is -0.144. The Morgan fingerprint density at radius 3 is 2.84 bits per heavy atom. The molecule has 0 radical (unpaired) electrons. The van der Waals surface area contributed by atoms with Crippen molar-refractivity contribution in [2.24, 2.45) is 0 Å². The summed E-state index contributed by atoms with van der Waals surface area (Å²) in [5.41, 5.74) is -0.0963. The molecule has 1 saturated heterocycles. The molecule has 2 amide bonds. The molecule has 0 aliphatic carbocycles. The van der Waals surface area contributed by atoms with E-state index in [9.17, 15) is 18.8 Å². The Hall–Kier alpha value is -2.51. The SMILES string of the molecule is O=C1CN(C(=O)c2cncc(F)c2)C(C(=O)O)CN1. The molecule has 7 nitrogen and oxygen atoms in total. The molecule has 2 N–H and O–H groups in total. The van der Waals surface area contributed by atoms with Crippen molar-refractivity contribution in [3.63, 3.8) is 0 Å².